The quantitative estimate of drug-likeness (QED) is 0.678. The molecule has 98 valence electrons. The van der Waals surface area contributed by atoms with Crippen LogP contribution < -0.4 is 5.32 Å². The van der Waals surface area contributed by atoms with E-state index >= 15 is 0 Å². The molecule has 1 N–H and O–H groups in total. The van der Waals surface area contributed by atoms with Gasteiger partial charge in [0.15, 0.2) is 0 Å². The monoisotopic (exact) mass is 324 g/mol. The summed E-state index contributed by atoms with van der Waals surface area (Å²) in [5.41, 5.74) is 4.84. The minimum atomic E-state index is 0.886. The molecular formula is C17H13BrN2. The molecule has 0 fully saturated rings. The number of benzene rings is 2. The van der Waals surface area contributed by atoms with Crippen molar-refractivity contribution in [3.05, 3.63) is 64.8 Å². The number of para-hydroxylation sites is 1. The van der Waals surface area contributed by atoms with E-state index in [9.17, 15) is 0 Å². The van der Waals surface area contributed by atoms with Gasteiger partial charge in [0.05, 0.1) is 16.9 Å². The third-order valence-electron chi connectivity index (χ3n) is 3.65. The van der Waals surface area contributed by atoms with Crippen molar-refractivity contribution in [3.8, 4) is 5.69 Å². The molecule has 2 heterocycles. The van der Waals surface area contributed by atoms with Crippen molar-refractivity contribution in [1.29, 1.82) is 0 Å². The minimum Gasteiger partial charge on any atom is -0.379 e. The molecule has 0 radical (unpaired) electrons. The zero-order valence-corrected chi connectivity index (χ0v) is 12.4. The molecule has 2 aromatic carbocycles. The average molecular weight is 325 g/mol. The zero-order chi connectivity index (χ0) is 13.5. The van der Waals surface area contributed by atoms with E-state index in [1.807, 2.05) is 6.07 Å². The summed E-state index contributed by atoms with van der Waals surface area (Å²) < 4.78 is 3.40. The van der Waals surface area contributed by atoms with E-state index in [1.165, 1.54) is 28.0 Å². The molecule has 0 amide bonds. The third-order valence-corrected chi connectivity index (χ3v) is 4.15. The average Bonchev–Trinajstić information content (AvgIpc) is 2.81. The maximum atomic E-state index is 3.58. The topological polar surface area (TPSA) is 17.0 Å². The van der Waals surface area contributed by atoms with Crippen LogP contribution in [0.5, 0.6) is 0 Å². The van der Waals surface area contributed by atoms with Crippen LogP contribution in [0.4, 0.5) is 5.69 Å². The van der Waals surface area contributed by atoms with E-state index in [4.69, 9.17) is 0 Å². The van der Waals surface area contributed by atoms with E-state index in [1.54, 1.807) is 0 Å². The molecule has 0 atom stereocenters. The van der Waals surface area contributed by atoms with E-state index in [2.05, 4.69) is 80.4 Å². The number of aromatic nitrogens is 1. The van der Waals surface area contributed by atoms with Gasteiger partial charge < -0.3 is 9.88 Å². The van der Waals surface area contributed by atoms with Crippen molar-refractivity contribution >= 4 is 38.6 Å². The molecule has 1 aliphatic rings. The number of nitrogens with zero attached hydrogens (tertiary/aromatic N) is 1. The minimum absolute atomic E-state index is 0.886. The Morgan fingerprint density at radius 3 is 2.75 bits per heavy atom. The number of nitrogens with one attached hydrogen (secondary N) is 1. The van der Waals surface area contributed by atoms with Crippen LogP contribution in [0, 0.1) is 0 Å². The smallest absolute Gasteiger partial charge is 0.0698 e. The molecule has 0 saturated carbocycles. The second-order valence-electron chi connectivity index (χ2n) is 4.88. The first kappa shape index (κ1) is 11.8. The summed E-state index contributed by atoms with van der Waals surface area (Å²) in [7, 11) is 0. The van der Waals surface area contributed by atoms with E-state index in [0.717, 1.165) is 11.0 Å². The van der Waals surface area contributed by atoms with Gasteiger partial charge in [0, 0.05) is 22.1 Å². The second kappa shape index (κ2) is 4.53. The van der Waals surface area contributed by atoms with Crippen molar-refractivity contribution in [2.75, 3.05) is 11.9 Å². The Hall–Kier alpha value is -2.00. The predicted molar refractivity (Wildman–Crippen MR) is 88.5 cm³/mol. The van der Waals surface area contributed by atoms with Crippen LogP contribution in [0.15, 0.2) is 59.1 Å². The van der Waals surface area contributed by atoms with Gasteiger partial charge in [-0.1, -0.05) is 40.2 Å². The molecule has 0 saturated heterocycles. The fourth-order valence-electron chi connectivity index (χ4n) is 2.81. The van der Waals surface area contributed by atoms with Gasteiger partial charge in [-0.05, 0) is 36.4 Å². The Morgan fingerprint density at radius 1 is 1.05 bits per heavy atom. The van der Waals surface area contributed by atoms with Gasteiger partial charge in [-0.15, -0.1) is 0 Å². The maximum absolute atomic E-state index is 3.58. The van der Waals surface area contributed by atoms with Crippen LogP contribution in [-0.2, 0) is 0 Å². The van der Waals surface area contributed by atoms with E-state index in [-0.39, 0.29) is 0 Å². The van der Waals surface area contributed by atoms with Crippen molar-refractivity contribution in [2.24, 2.45) is 0 Å². The summed E-state index contributed by atoms with van der Waals surface area (Å²) in [4.78, 5) is 0. The Labute approximate surface area is 125 Å². The molecule has 20 heavy (non-hydrogen) atoms. The molecule has 0 spiro atoms. The summed E-state index contributed by atoms with van der Waals surface area (Å²) in [6.45, 7) is 0.886. The molecule has 0 aliphatic carbocycles. The van der Waals surface area contributed by atoms with Gasteiger partial charge in [-0.3, -0.25) is 0 Å². The second-order valence-corrected chi connectivity index (χ2v) is 5.79. The number of anilines is 1. The lowest BCUT2D eigenvalue weighted by Crippen LogP contribution is -2.05. The van der Waals surface area contributed by atoms with Gasteiger partial charge in [-0.2, -0.15) is 0 Å². The Morgan fingerprint density at radius 2 is 1.90 bits per heavy atom. The van der Waals surface area contributed by atoms with Gasteiger partial charge in [-0.25, -0.2) is 0 Å². The van der Waals surface area contributed by atoms with Gasteiger partial charge in [0.2, 0.25) is 0 Å². The van der Waals surface area contributed by atoms with Crippen molar-refractivity contribution in [2.45, 2.75) is 0 Å². The molecule has 1 aliphatic heterocycles. The summed E-state index contributed by atoms with van der Waals surface area (Å²) in [6.07, 6.45) is 4.36. The normalized spacial score (nSPS) is 13.2. The molecule has 0 bridgehead atoms. The standard InChI is InChI=1S/C17H13BrN2/c18-12-8-9-14-16(11-12)20(13-5-2-1-3-6-13)15-7-4-10-19-17(14)15/h1-9,11,19H,10H2. The first-order valence-electron chi connectivity index (χ1n) is 6.64. The number of halogens is 1. The Bertz CT molecular complexity index is 816. The molecule has 4 rings (SSSR count). The highest BCUT2D eigenvalue weighted by Crippen LogP contribution is 2.37. The van der Waals surface area contributed by atoms with Crippen LogP contribution in [0.1, 0.15) is 5.69 Å². The number of hydrogen-bond donors (Lipinski definition) is 1. The van der Waals surface area contributed by atoms with Gasteiger partial charge >= 0.3 is 0 Å². The summed E-state index contributed by atoms with van der Waals surface area (Å²) in [5.74, 6) is 0. The number of rotatable bonds is 1. The molecule has 2 nitrogen and oxygen atoms in total. The Kier molecular flexibility index (Phi) is 2.67. The van der Waals surface area contributed by atoms with Crippen molar-refractivity contribution < 1.29 is 0 Å². The van der Waals surface area contributed by atoms with Crippen LogP contribution in [0.3, 0.4) is 0 Å². The maximum Gasteiger partial charge on any atom is 0.0698 e. The predicted octanol–water partition coefficient (Wildman–Crippen LogP) is 4.83. The first-order chi connectivity index (χ1) is 9.84. The van der Waals surface area contributed by atoms with Gasteiger partial charge in [0.25, 0.3) is 0 Å². The lowest BCUT2D eigenvalue weighted by atomic mass is 10.2. The third kappa shape index (κ3) is 1.70. The highest BCUT2D eigenvalue weighted by molar-refractivity contribution is 9.10. The summed E-state index contributed by atoms with van der Waals surface area (Å²) in [5, 5.41) is 4.75. The van der Waals surface area contributed by atoms with Crippen LogP contribution in [0.25, 0.3) is 22.7 Å². The van der Waals surface area contributed by atoms with E-state index < -0.39 is 0 Å². The Balaban J connectivity index is 2.14. The molecule has 3 aromatic rings. The summed E-state index contributed by atoms with van der Waals surface area (Å²) >= 11 is 3.58. The number of fused-ring (bicyclic) bond motifs is 3. The van der Waals surface area contributed by atoms with Gasteiger partial charge in [0.1, 0.15) is 0 Å². The fraction of sp³-hybridized carbons (Fsp3) is 0.0588. The van der Waals surface area contributed by atoms with Crippen molar-refractivity contribution in [1.82, 2.24) is 4.57 Å². The fourth-order valence-corrected chi connectivity index (χ4v) is 3.16. The van der Waals surface area contributed by atoms with Crippen LogP contribution in [-0.4, -0.2) is 11.1 Å². The molecule has 3 heteroatoms. The SMILES string of the molecule is Brc1ccc2c3c(n(-c4ccccc4)c2c1)C=CCN3. The van der Waals surface area contributed by atoms with Crippen molar-refractivity contribution in [3.63, 3.8) is 0 Å². The lowest BCUT2D eigenvalue weighted by molar-refractivity contribution is 1.10. The van der Waals surface area contributed by atoms with Crippen LogP contribution >= 0.6 is 15.9 Å². The highest BCUT2D eigenvalue weighted by Gasteiger charge is 2.18. The molecule has 1 aromatic heterocycles. The zero-order valence-electron chi connectivity index (χ0n) is 10.8. The first-order valence-corrected chi connectivity index (χ1v) is 7.44. The summed E-state index contributed by atoms with van der Waals surface area (Å²) in [6, 6.07) is 16.9. The van der Waals surface area contributed by atoms with E-state index in [0.29, 0.717) is 0 Å². The molecular weight excluding hydrogens is 312 g/mol. The largest absolute Gasteiger partial charge is 0.379 e. The molecule has 0 unspecified atom stereocenters. The number of hydrogen-bond acceptors (Lipinski definition) is 1. The lowest BCUT2D eigenvalue weighted by Gasteiger charge is -2.12. The highest BCUT2D eigenvalue weighted by atomic mass is 79.9. The van der Waals surface area contributed by atoms with Crippen LogP contribution in [0.2, 0.25) is 0 Å².